The van der Waals surface area contributed by atoms with Gasteiger partial charge in [0.05, 0.1) is 0 Å². The first-order chi connectivity index (χ1) is 11.1. The van der Waals surface area contributed by atoms with E-state index in [4.69, 9.17) is 0 Å². The first kappa shape index (κ1) is 16.3. The fourth-order valence-electron chi connectivity index (χ4n) is 6.92. The van der Waals surface area contributed by atoms with Gasteiger partial charge < -0.3 is 0 Å². The van der Waals surface area contributed by atoms with Crippen molar-refractivity contribution >= 4 is 11.6 Å². The van der Waals surface area contributed by atoms with Crippen molar-refractivity contribution in [2.45, 2.75) is 66.2 Å². The molecular formula is C22H30O2. The molecule has 0 aromatic carbocycles. The Morgan fingerprint density at radius 3 is 2.50 bits per heavy atom. The molecule has 0 saturated heterocycles. The van der Waals surface area contributed by atoms with Crippen LogP contribution >= 0.6 is 0 Å². The van der Waals surface area contributed by atoms with E-state index in [0.717, 1.165) is 32.1 Å². The minimum Gasteiger partial charge on any atom is -0.299 e. The van der Waals surface area contributed by atoms with Crippen LogP contribution in [0.3, 0.4) is 0 Å². The number of carbonyl (C=O) groups is 2. The van der Waals surface area contributed by atoms with Crippen LogP contribution in [0.4, 0.5) is 0 Å². The Bertz CT molecular complexity index is 682. The third-order valence-corrected chi connectivity index (χ3v) is 8.63. The number of rotatable bonds is 0. The van der Waals surface area contributed by atoms with E-state index >= 15 is 0 Å². The summed E-state index contributed by atoms with van der Waals surface area (Å²) < 4.78 is 0. The van der Waals surface area contributed by atoms with E-state index in [1.54, 1.807) is 0 Å². The molecule has 5 atom stereocenters. The summed E-state index contributed by atoms with van der Waals surface area (Å²) >= 11 is 0. The van der Waals surface area contributed by atoms with Crippen LogP contribution in [0.1, 0.15) is 66.2 Å². The summed E-state index contributed by atoms with van der Waals surface area (Å²) in [5.41, 5.74) is 2.49. The molecule has 0 aliphatic heterocycles. The lowest BCUT2D eigenvalue weighted by atomic mass is 9.41. The van der Waals surface area contributed by atoms with Crippen molar-refractivity contribution in [2.24, 2.45) is 34.0 Å². The van der Waals surface area contributed by atoms with E-state index in [2.05, 4.69) is 34.3 Å². The van der Waals surface area contributed by atoms with Crippen LogP contribution < -0.4 is 0 Å². The van der Waals surface area contributed by atoms with Gasteiger partial charge in [-0.3, -0.25) is 9.59 Å². The smallest absolute Gasteiger partial charge is 0.156 e. The second-order valence-corrected chi connectivity index (χ2v) is 9.89. The number of fused-ring (bicyclic) bond motifs is 5. The molecular weight excluding hydrogens is 296 g/mol. The molecule has 2 nitrogen and oxygen atoms in total. The SMILES string of the molecule is C=C1CC2=CC(=O)CC(C)(C)[C@]2(C)[C@H]2CC[C@]3(C)C(=O)CC[C@H]3[C@H]12. The molecule has 2 heteroatoms. The van der Waals surface area contributed by atoms with E-state index in [1.807, 2.05) is 6.08 Å². The van der Waals surface area contributed by atoms with Gasteiger partial charge in [-0.2, -0.15) is 0 Å². The molecule has 0 spiro atoms. The van der Waals surface area contributed by atoms with Gasteiger partial charge in [0.25, 0.3) is 0 Å². The highest BCUT2D eigenvalue weighted by Gasteiger charge is 2.63. The van der Waals surface area contributed by atoms with E-state index in [9.17, 15) is 9.59 Å². The maximum Gasteiger partial charge on any atom is 0.156 e. The van der Waals surface area contributed by atoms with Crippen molar-refractivity contribution in [3.05, 3.63) is 23.8 Å². The maximum absolute atomic E-state index is 12.6. The molecule has 0 amide bonds. The van der Waals surface area contributed by atoms with Crippen molar-refractivity contribution in [3.63, 3.8) is 0 Å². The van der Waals surface area contributed by atoms with Gasteiger partial charge in [0.15, 0.2) is 5.78 Å². The summed E-state index contributed by atoms with van der Waals surface area (Å²) in [6.07, 6.45) is 7.31. The van der Waals surface area contributed by atoms with Crippen molar-refractivity contribution in [3.8, 4) is 0 Å². The summed E-state index contributed by atoms with van der Waals surface area (Å²) in [4.78, 5) is 24.8. The number of ketones is 2. The van der Waals surface area contributed by atoms with Crippen molar-refractivity contribution in [2.75, 3.05) is 0 Å². The normalized spacial score (nSPS) is 46.9. The van der Waals surface area contributed by atoms with E-state index in [1.165, 1.54) is 11.1 Å². The van der Waals surface area contributed by atoms with Crippen LogP contribution in [0, 0.1) is 34.0 Å². The Kier molecular flexibility index (Phi) is 3.20. The molecule has 130 valence electrons. The summed E-state index contributed by atoms with van der Waals surface area (Å²) in [5.74, 6) is 2.18. The van der Waals surface area contributed by atoms with Gasteiger partial charge in [0, 0.05) is 18.3 Å². The molecule has 0 unspecified atom stereocenters. The van der Waals surface area contributed by atoms with Gasteiger partial charge in [0.1, 0.15) is 5.78 Å². The summed E-state index contributed by atoms with van der Waals surface area (Å²) in [5, 5.41) is 0. The Morgan fingerprint density at radius 2 is 1.79 bits per heavy atom. The Morgan fingerprint density at radius 1 is 1.08 bits per heavy atom. The molecule has 24 heavy (non-hydrogen) atoms. The summed E-state index contributed by atoms with van der Waals surface area (Å²) in [6.45, 7) is 13.6. The molecule has 4 aliphatic rings. The maximum atomic E-state index is 12.6. The van der Waals surface area contributed by atoms with Gasteiger partial charge in [-0.1, -0.05) is 45.4 Å². The van der Waals surface area contributed by atoms with Crippen molar-refractivity contribution < 1.29 is 9.59 Å². The average Bonchev–Trinajstić information content (AvgIpc) is 2.77. The number of allylic oxidation sites excluding steroid dienone is 2. The molecule has 0 N–H and O–H groups in total. The second-order valence-electron chi connectivity index (χ2n) is 9.89. The van der Waals surface area contributed by atoms with Crippen molar-refractivity contribution in [1.29, 1.82) is 0 Å². The van der Waals surface area contributed by atoms with E-state index in [0.29, 0.717) is 30.0 Å². The molecule has 4 aliphatic carbocycles. The zero-order valence-corrected chi connectivity index (χ0v) is 15.6. The number of hydrogen-bond acceptors (Lipinski definition) is 2. The molecule has 0 bridgehead atoms. The lowest BCUT2D eigenvalue weighted by Crippen LogP contribution is -2.56. The average molecular weight is 326 g/mol. The Hall–Kier alpha value is -1.18. The second kappa shape index (κ2) is 4.71. The highest BCUT2D eigenvalue weighted by molar-refractivity contribution is 5.92. The van der Waals surface area contributed by atoms with E-state index < -0.39 is 0 Å². The van der Waals surface area contributed by atoms with Crippen molar-refractivity contribution in [1.82, 2.24) is 0 Å². The summed E-state index contributed by atoms with van der Waals surface area (Å²) in [6, 6.07) is 0. The third-order valence-electron chi connectivity index (χ3n) is 8.63. The van der Waals surface area contributed by atoms with Crippen LogP contribution in [0.5, 0.6) is 0 Å². The highest BCUT2D eigenvalue weighted by Crippen LogP contribution is 2.69. The molecule has 3 saturated carbocycles. The largest absolute Gasteiger partial charge is 0.299 e. The van der Waals surface area contributed by atoms with Gasteiger partial charge in [0.2, 0.25) is 0 Å². The lowest BCUT2D eigenvalue weighted by Gasteiger charge is -2.62. The van der Waals surface area contributed by atoms with E-state index in [-0.39, 0.29) is 22.0 Å². The molecule has 0 radical (unpaired) electrons. The minimum absolute atomic E-state index is 0.0197. The Balaban J connectivity index is 1.83. The van der Waals surface area contributed by atoms with Crippen LogP contribution in [0.25, 0.3) is 0 Å². The zero-order valence-electron chi connectivity index (χ0n) is 15.6. The van der Waals surface area contributed by atoms with Crippen LogP contribution in [-0.2, 0) is 9.59 Å². The highest BCUT2D eigenvalue weighted by atomic mass is 16.1. The first-order valence-corrected chi connectivity index (χ1v) is 9.56. The first-order valence-electron chi connectivity index (χ1n) is 9.56. The standard InChI is InChI=1S/C22H30O2/c1-13-10-14-11-15(23)12-20(2,3)22(14,5)17-8-9-21(4)16(19(13)17)6-7-18(21)24/h11,16-17,19H,1,6-10,12H2,2-5H3/t16-,17-,19-,21-,22-/m0/s1. The molecule has 0 aromatic heterocycles. The van der Waals surface area contributed by atoms with Gasteiger partial charge in [-0.25, -0.2) is 0 Å². The Labute approximate surface area is 145 Å². The van der Waals surface area contributed by atoms with Crippen LogP contribution in [0.15, 0.2) is 23.8 Å². The van der Waals surface area contributed by atoms with Crippen LogP contribution in [-0.4, -0.2) is 11.6 Å². The lowest BCUT2D eigenvalue weighted by molar-refractivity contribution is -0.134. The van der Waals surface area contributed by atoms with Gasteiger partial charge >= 0.3 is 0 Å². The third kappa shape index (κ3) is 1.78. The number of hydrogen-bond donors (Lipinski definition) is 0. The monoisotopic (exact) mass is 326 g/mol. The molecule has 0 aromatic rings. The molecule has 0 heterocycles. The predicted molar refractivity (Wildman–Crippen MR) is 95.4 cm³/mol. The minimum atomic E-state index is -0.129. The predicted octanol–water partition coefficient (Wildman–Crippen LogP) is 4.89. The van der Waals surface area contributed by atoms with Gasteiger partial charge in [-0.15, -0.1) is 0 Å². The number of carbonyl (C=O) groups excluding carboxylic acids is 2. The molecule has 4 rings (SSSR count). The quantitative estimate of drug-likeness (QED) is 0.594. The topological polar surface area (TPSA) is 34.1 Å². The fourth-order valence-corrected chi connectivity index (χ4v) is 6.92. The summed E-state index contributed by atoms with van der Waals surface area (Å²) in [7, 11) is 0. The van der Waals surface area contributed by atoms with Gasteiger partial charge in [-0.05, 0) is 60.3 Å². The fraction of sp³-hybridized carbons (Fsp3) is 0.727. The van der Waals surface area contributed by atoms with Crippen LogP contribution in [0.2, 0.25) is 0 Å². The zero-order chi connectivity index (χ0) is 17.5. The molecule has 3 fully saturated rings. The number of Topliss-reactive ketones (excluding diaryl/α,β-unsaturated/α-hetero) is 1.